The van der Waals surface area contributed by atoms with Crippen molar-refractivity contribution in [3.63, 3.8) is 0 Å². The molecular formula is C22H26F4N3O7PS. The minimum Gasteiger partial charge on any atom is -0.380 e. The molecule has 2 aromatic heterocycles. The summed E-state index contributed by atoms with van der Waals surface area (Å²) < 4.78 is 88.2. The van der Waals surface area contributed by atoms with Crippen LogP contribution in [0.15, 0.2) is 41.6 Å². The first kappa shape index (κ1) is 31.4. The molecule has 0 aliphatic rings. The highest BCUT2D eigenvalue weighted by Gasteiger charge is 2.56. The van der Waals surface area contributed by atoms with E-state index in [1.165, 1.54) is 38.2 Å². The number of halogens is 4. The van der Waals surface area contributed by atoms with Crippen LogP contribution in [0.3, 0.4) is 0 Å². The number of nitrogens with zero attached hydrogens (tertiary/aromatic N) is 1. The van der Waals surface area contributed by atoms with Crippen LogP contribution in [0.4, 0.5) is 17.6 Å². The number of pyridine rings is 1. The molecule has 0 radical (unpaired) electrons. The number of carbonyl (C=O) groups excluding carboxylic acids is 1. The number of carbonyl (C=O) groups is 1. The summed E-state index contributed by atoms with van der Waals surface area (Å²) in [6.45, 7) is 2.77. The molecule has 1 amide bonds. The van der Waals surface area contributed by atoms with Crippen LogP contribution in [0.25, 0.3) is 10.9 Å². The van der Waals surface area contributed by atoms with Gasteiger partial charge in [0.05, 0.1) is 11.7 Å². The molecule has 0 saturated carbocycles. The number of aliphatic hydroxyl groups is 1. The third kappa shape index (κ3) is 7.60. The smallest absolute Gasteiger partial charge is 0.380 e. The Morgan fingerprint density at radius 1 is 1.16 bits per heavy atom. The van der Waals surface area contributed by atoms with Gasteiger partial charge in [-0.25, -0.2) is 17.8 Å². The number of nitrogens with two attached hydrogens (primary N) is 1. The minimum atomic E-state index is -5.08. The standard InChI is InChI=1S/C22H23F4N3O4S.H3O3P/c1-20(2,16-5-4-13(23)8-15(16)19(27)30)11-21(31,22(24,25)26)9-14-6-12-7-18(34(3,32)33)28-10-17(12)29-14;1-4(2)3/h4-8,10,29,31H,9,11H2,1-3H3,(H2,27,30);4H,(H2,1,2,3)/t21-;/m0./s1. The first-order valence-corrected chi connectivity index (χ1v) is 13.8. The summed E-state index contributed by atoms with van der Waals surface area (Å²) in [5.41, 5.74) is 0.659. The van der Waals surface area contributed by atoms with Gasteiger partial charge in [-0.05, 0) is 41.7 Å². The second-order valence-electron chi connectivity index (χ2n) is 9.28. The van der Waals surface area contributed by atoms with Crippen molar-refractivity contribution in [1.29, 1.82) is 0 Å². The average Bonchev–Trinajstić information content (AvgIpc) is 3.12. The van der Waals surface area contributed by atoms with Gasteiger partial charge in [0, 0.05) is 29.3 Å². The van der Waals surface area contributed by atoms with E-state index in [0.29, 0.717) is 10.9 Å². The fourth-order valence-electron chi connectivity index (χ4n) is 4.08. The van der Waals surface area contributed by atoms with Crippen molar-refractivity contribution in [2.24, 2.45) is 5.73 Å². The normalized spacial score (nSPS) is 14.2. The molecule has 38 heavy (non-hydrogen) atoms. The zero-order valence-electron chi connectivity index (χ0n) is 20.3. The lowest BCUT2D eigenvalue weighted by Gasteiger charge is -2.38. The van der Waals surface area contributed by atoms with E-state index in [9.17, 15) is 35.9 Å². The Morgan fingerprint density at radius 3 is 2.24 bits per heavy atom. The SMILES string of the molecule is CC(C)(C[C@@](O)(Cc1cc2cc(S(C)(=O)=O)ncc2[nH]1)C(F)(F)F)c1ccc(F)cc1C(N)=O.O=[PH](O)O. The highest BCUT2D eigenvalue weighted by Crippen LogP contribution is 2.44. The summed E-state index contributed by atoms with van der Waals surface area (Å²) in [6, 6.07) is 5.55. The Bertz CT molecular complexity index is 1470. The van der Waals surface area contributed by atoms with Crippen molar-refractivity contribution in [3.8, 4) is 0 Å². The molecule has 16 heteroatoms. The number of hydrogen-bond acceptors (Lipinski definition) is 6. The maximum absolute atomic E-state index is 14.1. The van der Waals surface area contributed by atoms with Crippen LogP contribution in [0.2, 0.25) is 0 Å². The number of amides is 1. The van der Waals surface area contributed by atoms with Crippen LogP contribution in [0.5, 0.6) is 0 Å². The molecule has 6 N–H and O–H groups in total. The maximum atomic E-state index is 14.1. The summed E-state index contributed by atoms with van der Waals surface area (Å²) >= 11 is 0. The second-order valence-corrected chi connectivity index (χ2v) is 11.8. The van der Waals surface area contributed by atoms with Gasteiger partial charge >= 0.3 is 14.4 Å². The molecule has 0 unspecified atom stereocenters. The van der Waals surface area contributed by atoms with E-state index >= 15 is 0 Å². The summed E-state index contributed by atoms with van der Waals surface area (Å²) in [5, 5.41) is 10.9. The Balaban J connectivity index is 0.00000118. The molecule has 0 spiro atoms. The molecule has 0 aliphatic heterocycles. The van der Waals surface area contributed by atoms with Gasteiger partial charge < -0.3 is 25.6 Å². The Hall–Kier alpha value is -2.84. The number of hydrogen-bond donors (Lipinski definition) is 5. The van der Waals surface area contributed by atoms with E-state index in [1.807, 2.05) is 0 Å². The molecule has 210 valence electrons. The number of benzene rings is 1. The monoisotopic (exact) mass is 583 g/mol. The van der Waals surface area contributed by atoms with E-state index in [0.717, 1.165) is 18.4 Å². The molecule has 0 bridgehead atoms. The molecule has 0 aliphatic carbocycles. The lowest BCUT2D eigenvalue weighted by Crippen LogP contribution is -2.51. The van der Waals surface area contributed by atoms with Gasteiger partial charge in [-0.1, -0.05) is 19.9 Å². The van der Waals surface area contributed by atoms with Crippen LogP contribution in [0.1, 0.15) is 41.9 Å². The Labute approximate surface area is 215 Å². The van der Waals surface area contributed by atoms with Crippen LogP contribution >= 0.6 is 8.25 Å². The van der Waals surface area contributed by atoms with Crippen molar-refractivity contribution >= 4 is 34.9 Å². The van der Waals surface area contributed by atoms with Gasteiger partial charge in [0.15, 0.2) is 20.5 Å². The highest BCUT2D eigenvalue weighted by molar-refractivity contribution is 7.90. The lowest BCUT2D eigenvalue weighted by atomic mass is 9.72. The summed E-state index contributed by atoms with van der Waals surface area (Å²) in [4.78, 5) is 32.6. The van der Waals surface area contributed by atoms with Crippen molar-refractivity contribution in [3.05, 3.63) is 59.2 Å². The van der Waals surface area contributed by atoms with Gasteiger partial charge in [-0.3, -0.25) is 9.36 Å². The zero-order chi connectivity index (χ0) is 29.3. The quantitative estimate of drug-likeness (QED) is 0.208. The average molecular weight is 583 g/mol. The van der Waals surface area contributed by atoms with Gasteiger partial charge in [-0.2, -0.15) is 13.2 Å². The number of alkyl halides is 3. The first-order valence-electron chi connectivity index (χ1n) is 10.6. The lowest BCUT2D eigenvalue weighted by molar-refractivity contribution is -0.266. The van der Waals surface area contributed by atoms with E-state index in [2.05, 4.69) is 9.97 Å². The van der Waals surface area contributed by atoms with Gasteiger partial charge in [-0.15, -0.1) is 0 Å². The van der Waals surface area contributed by atoms with Crippen molar-refractivity contribution in [2.45, 2.75) is 48.9 Å². The maximum Gasteiger partial charge on any atom is 0.417 e. The van der Waals surface area contributed by atoms with Crippen molar-refractivity contribution in [1.82, 2.24) is 9.97 Å². The number of H-pyrrole nitrogens is 1. The summed E-state index contributed by atoms with van der Waals surface area (Å²) in [5.74, 6) is -1.79. The molecule has 3 rings (SSSR count). The highest BCUT2D eigenvalue weighted by atomic mass is 32.2. The van der Waals surface area contributed by atoms with Crippen LogP contribution < -0.4 is 5.73 Å². The second kappa shape index (κ2) is 11.1. The Morgan fingerprint density at radius 2 is 1.74 bits per heavy atom. The summed E-state index contributed by atoms with van der Waals surface area (Å²) in [6.07, 6.45) is -4.71. The molecule has 1 atom stereocenters. The first-order chi connectivity index (χ1) is 17.2. The minimum absolute atomic E-state index is 0.00712. The van der Waals surface area contributed by atoms with Gasteiger partial charge in [0.25, 0.3) is 0 Å². The zero-order valence-corrected chi connectivity index (χ0v) is 22.1. The van der Waals surface area contributed by atoms with Crippen LogP contribution in [-0.2, 0) is 26.2 Å². The van der Waals surface area contributed by atoms with Crippen LogP contribution in [-0.4, -0.2) is 57.2 Å². The Kier molecular flexibility index (Phi) is 9.17. The number of fused-ring (bicyclic) bond motifs is 1. The van der Waals surface area contributed by atoms with E-state index in [-0.39, 0.29) is 21.8 Å². The molecule has 0 fully saturated rings. The molecule has 0 saturated heterocycles. The van der Waals surface area contributed by atoms with E-state index in [4.69, 9.17) is 20.1 Å². The largest absolute Gasteiger partial charge is 0.417 e. The molecule has 3 aromatic rings. The molecule has 2 heterocycles. The fraction of sp³-hybridized carbons (Fsp3) is 0.364. The molecular weight excluding hydrogens is 557 g/mol. The van der Waals surface area contributed by atoms with Crippen molar-refractivity contribution < 1.29 is 50.2 Å². The fourth-order valence-corrected chi connectivity index (χ4v) is 4.67. The van der Waals surface area contributed by atoms with Crippen molar-refractivity contribution in [2.75, 3.05) is 6.26 Å². The number of aromatic nitrogens is 2. The third-order valence-corrected chi connectivity index (χ3v) is 6.62. The topological polar surface area (TPSA) is 184 Å². The number of aromatic amines is 1. The van der Waals surface area contributed by atoms with E-state index in [1.54, 1.807) is 0 Å². The van der Waals surface area contributed by atoms with Crippen LogP contribution in [0, 0.1) is 5.82 Å². The summed E-state index contributed by atoms with van der Waals surface area (Å²) in [7, 11) is -6.76. The predicted octanol–water partition coefficient (Wildman–Crippen LogP) is 2.77. The van der Waals surface area contributed by atoms with Gasteiger partial charge in [0.2, 0.25) is 5.91 Å². The number of rotatable bonds is 7. The van der Waals surface area contributed by atoms with E-state index < -0.39 is 59.9 Å². The number of sulfone groups is 1. The predicted molar refractivity (Wildman–Crippen MR) is 130 cm³/mol. The molecule has 1 aromatic carbocycles. The van der Waals surface area contributed by atoms with Gasteiger partial charge in [0.1, 0.15) is 5.82 Å². The molecule has 10 nitrogen and oxygen atoms in total. The number of nitrogens with one attached hydrogen (secondary N) is 1. The number of primary amides is 1. The third-order valence-electron chi connectivity index (χ3n) is 5.64.